The van der Waals surface area contributed by atoms with Crippen molar-refractivity contribution in [3.63, 3.8) is 0 Å². The fourth-order valence-electron chi connectivity index (χ4n) is 1.36. The average Bonchev–Trinajstić information content (AvgIpc) is 1.98. The topological polar surface area (TPSA) is 40.5 Å². The van der Waals surface area contributed by atoms with Crippen molar-refractivity contribution in [2.45, 2.75) is 44.8 Å². The summed E-state index contributed by atoms with van der Waals surface area (Å²) in [5.74, 6) is 0. The number of hydrogen-bond donors (Lipinski definition) is 2. The monoisotopic (exact) mass is 156 g/mol. The molecule has 0 amide bonds. The van der Waals surface area contributed by atoms with Crippen molar-refractivity contribution < 1.29 is 10.2 Å². The smallest absolute Gasteiger partial charge is 0.0833 e. The number of rotatable bonds is 0. The van der Waals surface area contributed by atoms with Crippen LogP contribution in [0.25, 0.3) is 0 Å². The van der Waals surface area contributed by atoms with E-state index >= 15 is 0 Å². The maximum Gasteiger partial charge on any atom is 0.0833 e. The van der Waals surface area contributed by atoms with Crippen molar-refractivity contribution in [2.75, 3.05) is 0 Å². The van der Waals surface area contributed by atoms with Crippen molar-refractivity contribution >= 4 is 0 Å². The molecule has 0 saturated heterocycles. The summed E-state index contributed by atoms with van der Waals surface area (Å²) < 4.78 is 0. The minimum atomic E-state index is -0.551. The van der Waals surface area contributed by atoms with Gasteiger partial charge < -0.3 is 10.2 Å². The minimum absolute atomic E-state index is 0.514. The Bertz CT molecular complexity index is 152. The van der Waals surface area contributed by atoms with Crippen LogP contribution in [0.5, 0.6) is 0 Å². The van der Waals surface area contributed by atoms with Crippen LogP contribution in [0.2, 0.25) is 0 Å². The van der Waals surface area contributed by atoms with Gasteiger partial charge in [-0.3, -0.25) is 0 Å². The zero-order chi connectivity index (χ0) is 8.27. The predicted octanol–water partition coefficient (Wildman–Crippen LogP) is 1.23. The van der Waals surface area contributed by atoms with E-state index < -0.39 is 12.2 Å². The summed E-state index contributed by atoms with van der Waals surface area (Å²) in [6.45, 7) is 2.07. The predicted molar refractivity (Wildman–Crippen MR) is 44.2 cm³/mol. The molecular formula is C9H16O2. The molecule has 0 aromatic rings. The first kappa shape index (κ1) is 8.75. The summed E-state index contributed by atoms with van der Waals surface area (Å²) in [5, 5.41) is 18.6. The highest BCUT2D eigenvalue weighted by molar-refractivity contribution is 5.00. The number of aliphatic hydroxyl groups is 2. The van der Waals surface area contributed by atoms with Gasteiger partial charge in [0.2, 0.25) is 0 Å². The molecule has 0 aromatic heterocycles. The van der Waals surface area contributed by atoms with Crippen LogP contribution in [-0.2, 0) is 0 Å². The van der Waals surface area contributed by atoms with E-state index in [9.17, 15) is 10.2 Å². The first-order valence-corrected chi connectivity index (χ1v) is 4.22. The second kappa shape index (κ2) is 3.88. The largest absolute Gasteiger partial charge is 0.390 e. The quantitative estimate of drug-likeness (QED) is 0.518. The van der Waals surface area contributed by atoms with Crippen molar-refractivity contribution in [2.24, 2.45) is 0 Å². The second-order valence-electron chi connectivity index (χ2n) is 3.31. The summed E-state index contributed by atoms with van der Waals surface area (Å²) >= 11 is 0. The van der Waals surface area contributed by atoms with Crippen LogP contribution in [0, 0.1) is 0 Å². The molecule has 2 nitrogen and oxygen atoms in total. The molecule has 11 heavy (non-hydrogen) atoms. The zero-order valence-electron chi connectivity index (χ0n) is 6.95. The number of aliphatic hydroxyl groups excluding tert-OH is 2. The van der Waals surface area contributed by atoms with Crippen LogP contribution < -0.4 is 0 Å². The van der Waals surface area contributed by atoms with Gasteiger partial charge in [0.05, 0.1) is 12.2 Å². The first-order valence-electron chi connectivity index (χ1n) is 4.22. The van der Waals surface area contributed by atoms with E-state index in [1.807, 2.05) is 6.08 Å². The molecule has 0 heterocycles. The molecular weight excluding hydrogens is 140 g/mol. The summed E-state index contributed by atoms with van der Waals surface area (Å²) in [7, 11) is 0. The average molecular weight is 156 g/mol. The Morgan fingerprint density at radius 3 is 2.82 bits per heavy atom. The lowest BCUT2D eigenvalue weighted by atomic mass is 9.97. The van der Waals surface area contributed by atoms with Crippen molar-refractivity contribution in [1.29, 1.82) is 0 Å². The fourth-order valence-corrected chi connectivity index (χ4v) is 1.36. The van der Waals surface area contributed by atoms with Crippen LogP contribution in [0.1, 0.15) is 32.6 Å². The molecule has 0 aliphatic heterocycles. The highest BCUT2D eigenvalue weighted by atomic mass is 16.3. The van der Waals surface area contributed by atoms with Gasteiger partial charge in [-0.05, 0) is 32.6 Å². The van der Waals surface area contributed by atoms with Crippen molar-refractivity contribution in [3.05, 3.63) is 11.6 Å². The van der Waals surface area contributed by atoms with Crippen LogP contribution in [-0.4, -0.2) is 22.4 Å². The van der Waals surface area contributed by atoms with E-state index in [0.29, 0.717) is 6.42 Å². The SMILES string of the molecule is CC1=CCC(O)C(O)CCC1. The molecule has 0 saturated carbocycles. The number of allylic oxidation sites excluding steroid dienone is 1. The lowest BCUT2D eigenvalue weighted by molar-refractivity contribution is 0.0143. The van der Waals surface area contributed by atoms with E-state index in [2.05, 4.69) is 6.92 Å². The highest BCUT2D eigenvalue weighted by Crippen LogP contribution is 2.17. The molecule has 2 heteroatoms. The van der Waals surface area contributed by atoms with Crippen molar-refractivity contribution in [3.8, 4) is 0 Å². The van der Waals surface area contributed by atoms with Gasteiger partial charge in [-0.1, -0.05) is 11.6 Å². The van der Waals surface area contributed by atoms with Crippen LogP contribution in [0.3, 0.4) is 0 Å². The molecule has 1 rings (SSSR count). The Labute approximate surface area is 67.6 Å². The third kappa shape index (κ3) is 2.64. The molecule has 0 spiro atoms. The zero-order valence-corrected chi connectivity index (χ0v) is 6.95. The molecule has 1 aliphatic rings. The Hall–Kier alpha value is -0.340. The van der Waals surface area contributed by atoms with E-state index in [-0.39, 0.29) is 0 Å². The summed E-state index contributed by atoms with van der Waals surface area (Å²) in [6.07, 6.45) is 4.33. The third-order valence-electron chi connectivity index (χ3n) is 2.22. The first-order chi connectivity index (χ1) is 5.20. The Kier molecular flexibility index (Phi) is 3.09. The summed E-state index contributed by atoms with van der Waals surface area (Å²) in [4.78, 5) is 0. The Balaban J connectivity index is 2.51. The van der Waals surface area contributed by atoms with Gasteiger partial charge >= 0.3 is 0 Å². The summed E-state index contributed by atoms with van der Waals surface area (Å²) in [6, 6.07) is 0. The van der Waals surface area contributed by atoms with Gasteiger partial charge in [-0.15, -0.1) is 0 Å². The maximum absolute atomic E-state index is 9.31. The van der Waals surface area contributed by atoms with Crippen LogP contribution >= 0.6 is 0 Å². The Morgan fingerprint density at radius 2 is 2.09 bits per heavy atom. The van der Waals surface area contributed by atoms with E-state index in [4.69, 9.17) is 0 Å². The standard InChI is InChI=1S/C9H16O2/c1-7-3-2-4-8(10)9(11)6-5-7/h5,8-11H,2-4,6H2,1H3. The van der Waals surface area contributed by atoms with E-state index in [0.717, 1.165) is 19.3 Å². The fraction of sp³-hybridized carbons (Fsp3) is 0.778. The van der Waals surface area contributed by atoms with E-state index in [1.165, 1.54) is 5.57 Å². The molecule has 0 radical (unpaired) electrons. The minimum Gasteiger partial charge on any atom is -0.390 e. The molecule has 0 aromatic carbocycles. The summed E-state index contributed by atoms with van der Waals surface area (Å²) in [5.41, 5.74) is 1.33. The lowest BCUT2D eigenvalue weighted by Crippen LogP contribution is -2.26. The highest BCUT2D eigenvalue weighted by Gasteiger charge is 2.16. The Morgan fingerprint density at radius 1 is 1.36 bits per heavy atom. The van der Waals surface area contributed by atoms with Crippen LogP contribution in [0.4, 0.5) is 0 Å². The maximum atomic E-state index is 9.31. The molecule has 2 N–H and O–H groups in total. The second-order valence-corrected chi connectivity index (χ2v) is 3.31. The molecule has 1 aliphatic carbocycles. The van der Waals surface area contributed by atoms with E-state index in [1.54, 1.807) is 0 Å². The van der Waals surface area contributed by atoms with Crippen LogP contribution in [0.15, 0.2) is 11.6 Å². The molecule has 64 valence electrons. The molecule has 2 unspecified atom stereocenters. The van der Waals surface area contributed by atoms with Gasteiger partial charge in [0.25, 0.3) is 0 Å². The third-order valence-corrected chi connectivity index (χ3v) is 2.22. The van der Waals surface area contributed by atoms with Gasteiger partial charge in [0.15, 0.2) is 0 Å². The van der Waals surface area contributed by atoms with Gasteiger partial charge in [-0.2, -0.15) is 0 Å². The molecule has 2 atom stereocenters. The van der Waals surface area contributed by atoms with Gasteiger partial charge in [0, 0.05) is 0 Å². The number of hydrogen-bond acceptors (Lipinski definition) is 2. The molecule has 0 bridgehead atoms. The lowest BCUT2D eigenvalue weighted by Gasteiger charge is -2.19. The van der Waals surface area contributed by atoms with Gasteiger partial charge in [0.1, 0.15) is 0 Å². The van der Waals surface area contributed by atoms with Gasteiger partial charge in [-0.25, -0.2) is 0 Å². The molecule has 0 fully saturated rings. The van der Waals surface area contributed by atoms with Crippen molar-refractivity contribution in [1.82, 2.24) is 0 Å². The normalized spacial score (nSPS) is 33.9.